The molecule has 0 unspecified atom stereocenters. The molecule has 0 heterocycles. The Kier molecular flexibility index (Phi) is 24.7. The maximum atomic E-state index is 11.8. The molecule has 0 aromatic heterocycles. The van der Waals surface area contributed by atoms with Crippen molar-refractivity contribution in [1.82, 2.24) is 4.90 Å². The van der Waals surface area contributed by atoms with Crippen LogP contribution in [-0.4, -0.2) is 122 Å². The molecule has 0 saturated carbocycles. The molecular formula is C27H53NO10. The van der Waals surface area contributed by atoms with E-state index in [1.54, 1.807) is 7.05 Å². The predicted molar refractivity (Wildman–Crippen MR) is 143 cm³/mol. The fourth-order valence-corrected chi connectivity index (χ4v) is 2.82. The number of carbonyl (C=O) groups is 2. The second kappa shape index (κ2) is 25.8. The third-order valence-electron chi connectivity index (χ3n) is 4.86. The van der Waals surface area contributed by atoms with Crippen LogP contribution in [0.2, 0.25) is 0 Å². The van der Waals surface area contributed by atoms with Crippen LogP contribution < -0.4 is 0 Å². The normalized spacial score (nSPS) is 11.5. The molecular weight excluding hydrogens is 498 g/mol. The van der Waals surface area contributed by atoms with Crippen molar-refractivity contribution in [3.05, 3.63) is 0 Å². The highest BCUT2D eigenvalue weighted by atomic mass is 16.6. The number of esters is 1. The zero-order valence-corrected chi connectivity index (χ0v) is 24.5. The van der Waals surface area contributed by atoms with Gasteiger partial charge in [0, 0.05) is 20.0 Å². The van der Waals surface area contributed by atoms with Crippen LogP contribution in [-0.2, 0) is 42.7 Å². The minimum atomic E-state index is -0.507. The van der Waals surface area contributed by atoms with E-state index in [2.05, 4.69) is 6.92 Å². The summed E-state index contributed by atoms with van der Waals surface area (Å²) in [4.78, 5) is 24.8. The molecule has 0 radical (unpaired) electrons. The lowest BCUT2D eigenvalue weighted by Crippen LogP contribution is -2.36. The third-order valence-corrected chi connectivity index (χ3v) is 4.86. The topological polar surface area (TPSA) is 111 Å². The summed E-state index contributed by atoms with van der Waals surface area (Å²) in [6, 6.07) is 0. The molecule has 0 N–H and O–H groups in total. The van der Waals surface area contributed by atoms with Gasteiger partial charge in [-0.15, -0.1) is 0 Å². The lowest BCUT2D eigenvalue weighted by molar-refractivity contribution is -0.145. The number of nitrogens with zero attached hydrogens (tertiary/aromatic N) is 1. The lowest BCUT2D eigenvalue weighted by atomic mass is 10.2. The van der Waals surface area contributed by atoms with Crippen molar-refractivity contribution in [1.29, 1.82) is 0 Å². The van der Waals surface area contributed by atoms with E-state index < -0.39 is 5.60 Å². The van der Waals surface area contributed by atoms with Crippen molar-refractivity contribution in [3.8, 4) is 0 Å². The van der Waals surface area contributed by atoms with Gasteiger partial charge in [0.2, 0.25) is 0 Å². The Morgan fingerprint density at radius 2 is 1.03 bits per heavy atom. The van der Waals surface area contributed by atoms with Crippen LogP contribution in [0.1, 0.15) is 59.8 Å². The SMILES string of the molecule is CCCCCCC(=O)OCCOCCOCCOCCOCCOCCOCCN(C)C(=O)OC(C)(C)C. The standard InChI is InChI=1S/C27H53NO10/c1-6-7-8-9-10-25(29)37-24-23-36-22-21-35-20-19-34-18-17-33-16-15-32-14-13-31-12-11-28(5)26(30)38-27(2,3)4/h6-24H2,1-5H3. The van der Waals surface area contributed by atoms with Gasteiger partial charge in [0.05, 0.1) is 79.3 Å². The number of likely N-dealkylation sites (N-methyl/N-ethyl adjacent to an activating group) is 1. The van der Waals surface area contributed by atoms with Crippen molar-refractivity contribution in [2.45, 2.75) is 65.4 Å². The van der Waals surface area contributed by atoms with E-state index in [0.29, 0.717) is 92.2 Å². The highest BCUT2D eigenvalue weighted by molar-refractivity contribution is 5.69. The van der Waals surface area contributed by atoms with E-state index in [9.17, 15) is 9.59 Å². The molecule has 0 atom stereocenters. The van der Waals surface area contributed by atoms with E-state index in [-0.39, 0.29) is 18.7 Å². The Morgan fingerprint density at radius 1 is 0.605 bits per heavy atom. The van der Waals surface area contributed by atoms with Gasteiger partial charge in [0.15, 0.2) is 0 Å². The van der Waals surface area contributed by atoms with Gasteiger partial charge in [0.1, 0.15) is 12.2 Å². The molecule has 0 bridgehead atoms. The van der Waals surface area contributed by atoms with Gasteiger partial charge < -0.3 is 42.8 Å². The van der Waals surface area contributed by atoms with Crippen LogP contribution in [0.3, 0.4) is 0 Å². The minimum Gasteiger partial charge on any atom is -0.463 e. The molecule has 0 aliphatic carbocycles. The number of hydrogen-bond donors (Lipinski definition) is 0. The first-order chi connectivity index (χ1) is 18.3. The van der Waals surface area contributed by atoms with E-state index in [1.165, 1.54) is 4.90 Å². The van der Waals surface area contributed by atoms with Gasteiger partial charge in [-0.3, -0.25) is 4.79 Å². The molecule has 0 saturated heterocycles. The third kappa shape index (κ3) is 27.5. The fraction of sp³-hybridized carbons (Fsp3) is 0.926. The van der Waals surface area contributed by atoms with Gasteiger partial charge in [0.25, 0.3) is 0 Å². The molecule has 226 valence electrons. The fourth-order valence-electron chi connectivity index (χ4n) is 2.82. The van der Waals surface area contributed by atoms with Crippen LogP contribution in [0, 0.1) is 0 Å². The first kappa shape index (κ1) is 36.5. The summed E-state index contributed by atoms with van der Waals surface area (Å²) in [5.41, 5.74) is -0.507. The Bertz CT molecular complexity index is 556. The monoisotopic (exact) mass is 551 g/mol. The Labute approximate surface area is 229 Å². The average Bonchev–Trinajstić information content (AvgIpc) is 2.86. The van der Waals surface area contributed by atoms with E-state index in [1.807, 2.05) is 20.8 Å². The summed E-state index contributed by atoms with van der Waals surface area (Å²) in [5, 5.41) is 0. The van der Waals surface area contributed by atoms with Crippen molar-refractivity contribution < 1.29 is 47.5 Å². The van der Waals surface area contributed by atoms with Crippen LogP contribution in [0.4, 0.5) is 4.79 Å². The number of amides is 1. The molecule has 11 heteroatoms. The zero-order valence-electron chi connectivity index (χ0n) is 24.5. The van der Waals surface area contributed by atoms with Crippen molar-refractivity contribution in [2.24, 2.45) is 0 Å². The summed E-state index contributed by atoms with van der Waals surface area (Å²) in [6.45, 7) is 13.9. The lowest BCUT2D eigenvalue weighted by Gasteiger charge is -2.24. The zero-order chi connectivity index (χ0) is 28.3. The van der Waals surface area contributed by atoms with Crippen LogP contribution >= 0.6 is 0 Å². The smallest absolute Gasteiger partial charge is 0.410 e. The quantitative estimate of drug-likeness (QED) is 0.117. The number of rotatable bonds is 26. The van der Waals surface area contributed by atoms with Gasteiger partial charge in [-0.25, -0.2) is 4.79 Å². The largest absolute Gasteiger partial charge is 0.463 e. The maximum absolute atomic E-state index is 11.8. The predicted octanol–water partition coefficient (Wildman–Crippen LogP) is 3.47. The van der Waals surface area contributed by atoms with Crippen LogP contribution in [0.5, 0.6) is 0 Å². The number of carbonyl (C=O) groups excluding carboxylic acids is 2. The summed E-state index contributed by atoms with van der Waals surface area (Å²) in [6.07, 6.45) is 4.39. The van der Waals surface area contributed by atoms with Crippen molar-refractivity contribution in [2.75, 3.05) is 99.5 Å². The van der Waals surface area contributed by atoms with E-state index in [4.69, 9.17) is 37.9 Å². The first-order valence-electron chi connectivity index (χ1n) is 13.8. The number of hydrogen-bond acceptors (Lipinski definition) is 10. The molecule has 1 amide bonds. The Balaban J connectivity index is 3.23. The Morgan fingerprint density at radius 3 is 1.45 bits per heavy atom. The molecule has 0 aliphatic rings. The summed E-state index contributed by atoms with van der Waals surface area (Å²) in [5.74, 6) is -0.155. The summed E-state index contributed by atoms with van der Waals surface area (Å²) < 4.78 is 43.0. The van der Waals surface area contributed by atoms with Gasteiger partial charge in [-0.05, 0) is 27.2 Å². The molecule has 0 aromatic carbocycles. The minimum absolute atomic E-state index is 0.155. The Hall–Kier alpha value is -1.50. The molecule has 0 rings (SSSR count). The second-order valence-electron chi connectivity index (χ2n) is 9.61. The van der Waals surface area contributed by atoms with Gasteiger partial charge in [-0.2, -0.15) is 0 Å². The summed E-state index contributed by atoms with van der Waals surface area (Å²) in [7, 11) is 1.68. The van der Waals surface area contributed by atoms with Crippen molar-refractivity contribution in [3.63, 3.8) is 0 Å². The van der Waals surface area contributed by atoms with Gasteiger partial charge in [-0.1, -0.05) is 26.2 Å². The molecule has 0 spiro atoms. The van der Waals surface area contributed by atoms with Gasteiger partial charge >= 0.3 is 12.1 Å². The number of unbranched alkanes of at least 4 members (excludes halogenated alkanes) is 3. The molecule has 0 fully saturated rings. The van der Waals surface area contributed by atoms with Crippen molar-refractivity contribution >= 4 is 12.1 Å². The molecule has 0 aromatic rings. The van der Waals surface area contributed by atoms with E-state index >= 15 is 0 Å². The second-order valence-corrected chi connectivity index (χ2v) is 9.61. The highest BCUT2D eigenvalue weighted by Gasteiger charge is 2.19. The highest BCUT2D eigenvalue weighted by Crippen LogP contribution is 2.08. The first-order valence-corrected chi connectivity index (χ1v) is 13.8. The number of ether oxygens (including phenoxy) is 8. The molecule has 0 aliphatic heterocycles. The molecule has 38 heavy (non-hydrogen) atoms. The van der Waals surface area contributed by atoms with Crippen LogP contribution in [0.25, 0.3) is 0 Å². The van der Waals surface area contributed by atoms with E-state index in [0.717, 1.165) is 25.7 Å². The van der Waals surface area contributed by atoms with Crippen LogP contribution in [0.15, 0.2) is 0 Å². The average molecular weight is 552 g/mol. The summed E-state index contributed by atoms with van der Waals surface area (Å²) >= 11 is 0. The molecule has 11 nitrogen and oxygen atoms in total. The maximum Gasteiger partial charge on any atom is 0.410 e.